The van der Waals surface area contributed by atoms with Crippen molar-refractivity contribution in [2.24, 2.45) is 10.9 Å². The summed E-state index contributed by atoms with van der Waals surface area (Å²) in [6.45, 7) is 6.64. The summed E-state index contributed by atoms with van der Waals surface area (Å²) in [6, 6.07) is 5.46. The molecule has 0 aromatic carbocycles. The van der Waals surface area contributed by atoms with Crippen molar-refractivity contribution in [3.05, 3.63) is 21.9 Å². The molecule has 2 rings (SSSR count). The third-order valence-corrected chi connectivity index (χ3v) is 4.84. The zero-order valence-corrected chi connectivity index (χ0v) is 13.9. The number of nitrogens with one attached hydrogen (secondary N) is 2. The number of hydrogen-bond acceptors (Lipinski definition) is 2. The predicted octanol–water partition coefficient (Wildman–Crippen LogP) is 3.34. The van der Waals surface area contributed by atoms with Gasteiger partial charge in [-0.25, -0.2) is 0 Å². The molecule has 3 nitrogen and oxygen atoms in total. The van der Waals surface area contributed by atoms with E-state index in [-0.39, 0.29) is 0 Å². The van der Waals surface area contributed by atoms with Gasteiger partial charge < -0.3 is 10.6 Å². The molecule has 0 amide bonds. The standard InChI is InChI=1S/C16H27N3S/c1-5-6-13-10-15(13)19-16(17-4)18-11(2)9-14-8-7-12(3)20-14/h7-8,11,13,15H,5-6,9-10H2,1-4H3,(H2,17,18,19). The van der Waals surface area contributed by atoms with E-state index in [9.17, 15) is 0 Å². The minimum Gasteiger partial charge on any atom is -0.354 e. The van der Waals surface area contributed by atoms with Gasteiger partial charge in [0.15, 0.2) is 5.96 Å². The van der Waals surface area contributed by atoms with Crippen molar-refractivity contribution in [1.29, 1.82) is 0 Å². The molecule has 2 N–H and O–H groups in total. The van der Waals surface area contributed by atoms with Gasteiger partial charge in [0.2, 0.25) is 0 Å². The van der Waals surface area contributed by atoms with Crippen LogP contribution in [-0.4, -0.2) is 25.1 Å². The third-order valence-electron chi connectivity index (χ3n) is 3.81. The monoisotopic (exact) mass is 293 g/mol. The molecule has 20 heavy (non-hydrogen) atoms. The fourth-order valence-electron chi connectivity index (χ4n) is 2.64. The van der Waals surface area contributed by atoms with Crippen LogP contribution < -0.4 is 10.6 Å². The lowest BCUT2D eigenvalue weighted by Gasteiger charge is -2.17. The van der Waals surface area contributed by atoms with Gasteiger partial charge in [-0.3, -0.25) is 4.99 Å². The minimum absolute atomic E-state index is 0.405. The Balaban J connectivity index is 1.75. The second-order valence-electron chi connectivity index (χ2n) is 5.87. The molecule has 1 aromatic rings. The molecule has 1 saturated carbocycles. The number of rotatable bonds is 6. The smallest absolute Gasteiger partial charge is 0.191 e. The van der Waals surface area contributed by atoms with Gasteiger partial charge in [0.05, 0.1) is 0 Å². The number of guanidine groups is 1. The van der Waals surface area contributed by atoms with Crippen molar-refractivity contribution in [1.82, 2.24) is 10.6 Å². The molecular formula is C16H27N3S. The van der Waals surface area contributed by atoms with Crippen molar-refractivity contribution in [2.45, 2.75) is 58.5 Å². The fourth-order valence-corrected chi connectivity index (χ4v) is 3.66. The maximum absolute atomic E-state index is 4.35. The predicted molar refractivity (Wildman–Crippen MR) is 88.7 cm³/mol. The van der Waals surface area contributed by atoms with Gasteiger partial charge in [-0.1, -0.05) is 13.3 Å². The van der Waals surface area contributed by atoms with Gasteiger partial charge in [0.1, 0.15) is 0 Å². The molecule has 1 aliphatic rings. The lowest BCUT2D eigenvalue weighted by atomic mass is 10.2. The van der Waals surface area contributed by atoms with Gasteiger partial charge in [-0.2, -0.15) is 0 Å². The van der Waals surface area contributed by atoms with E-state index in [1.54, 1.807) is 0 Å². The lowest BCUT2D eigenvalue weighted by molar-refractivity contribution is 0.623. The van der Waals surface area contributed by atoms with E-state index >= 15 is 0 Å². The SMILES string of the molecule is CCCC1CC1NC(=NC)NC(C)Cc1ccc(C)s1. The normalized spacial score (nSPS) is 23.5. The molecule has 112 valence electrons. The summed E-state index contributed by atoms with van der Waals surface area (Å²) in [5.41, 5.74) is 0. The Morgan fingerprint density at radius 2 is 2.30 bits per heavy atom. The van der Waals surface area contributed by atoms with Crippen molar-refractivity contribution >= 4 is 17.3 Å². The molecule has 0 spiro atoms. The molecule has 4 heteroatoms. The first-order valence-electron chi connectivity index (χ1n) is 7.67. The summed E-state index contributed by atoms with van der Waals surface area (Å²) in [6.07, 6.45) is 4.97. The molecule has 0 bridgehead atoms. The summed E-state index contributed by atoms with van der Waals surface area (Å²) >= 11 is 1.88. The highest BCUT2D eigenvalue weighted by Gasteiger charge is 2.36. The number of aliphatic imine (C=N–C) groups is 1. The van der Waals surface area contributed by atoms with Crippen molar-refractivity contribution < 1.29 is 0 Å². The van der Waals surface area contributed by atoms with Crippen LogP contribution in [0.3, 0.4) is 0 Å². The van der Waals surface area contributed by atoms with Crippen LogP contribution in [0.5, 0.6) is 0 Å². The van der Waals surface area contributed by atoms with Gasteiger partial charge in [-0.15, -0.1) is 11.3 Å². The van der Waals surface area contributed by atoms with Gasteiger partial charge in [0.25, 0.3) is 0 Å². The molecule has 1 aromatic heterocycles. The molecular weight excluding hydrogens is 266 g/mol. The van der Waals surface area contributed by atoms with E-state index < -0.39 is 0 Å². The van der Waals surface area contributed by atoms with Crippen LogP contribution in [0.4, 0.5) is 0 Å². The summed E-state index contributed by atoms with van der Waals surface area (Å²) < 4.78 is 0. The largest absolute Gasteiger partial charge is 0.354 e. The molecule has 0 radical (unpaired) electrons. The Labute approximate surface area is 126 Å². The Morgan fingerprint density at radius 1 is 1.50 bits per heavy atom. The average molecular weight is 293 g/mol. The van der Waals surface area contributed by atoms with Crippen molar-refractivity contribution in [3.63, 3.8) is 0 Å². The molecule has 1 aliphatic carbocycles. The van der Waals surface area contributed by atoms with E-state index in [1.807, 2.05) is 18.4 Å². The Morgan fingerprint density at radius 3 is 2.90 bits per heavy atom. The van der Waals surface area contributed by atoms with Crippen LogP contribution in [0.25, 0.3) is 0 Å². The number of thiophene rings is 1. The zero-order chi connectivity index (χ0) is 14.5. The molecule has 3 atom stereocenters. The molecule has 0 aliphatic heterocycles. The second-order valence-corrected chi connectivity index (χ2v) is 7.24. The molecule has 0 saturated heterocycles. The van der Waals surface area contributed by atoms with Crippen molar-refractivity contribution in [2.75, 3.05) is 7.05 Å². The molecule has 3 unspecified atom stereocenters. The van der Waals surface area contributed by atoms with E-state index in [2.05, 4.69) is 48.5 Å². The highest BCUT2D eigenvalue weighted by atomic mass is 32.1. The first-order valence-corrected chi connectivity index (χ1v) is 8.49. The summed E-state index contributed by atoms with van der Waals surface area (Å²) in [5, 5.41) is 7.04. The van der Waals surface area contributed by atoms with Gasteiger partial charge in [-0.05, 0) is 44.7 Å². The fraction of sp³-hybridized carbons (Fsp3) is 0.688. The Hall–Kier alpha value is -1.03. The van der Waals surface area contributed by atoms with E-state index in [0.717, 1.165) is 18.3 Å². The Kier molecular flexibility index (Phi) is 5.46. The van der Waals surface area contributed by atoms with Crippen LogP contribution in [0.2, 0.25) is 0 Å². The van der Waals surface area contributed by atoms with Crippen LogP contribution in [0, 0.1) is 12.8 Å². The third kappa shape index (κ3) is 4.51. The topological polar surface area (TPSA) is 36.4 Å². The molecule has 1 fully saturated rings. The summed E-state index contributed by atoms with van der Waals surface area (Å²) in [7, 11) is 1.86. The summed E-state index contributed by atoms with van der Waals surface area (Å²) in [4.78, 5) is 7.17. The number of nitrogens with zero attached hydrogens (tertiary/aromatic N) is 1. The highest BCUT2D eigenvalue weighted by Crippen LogP contribution is 2.34. The van der Waals surface area contributed by atoms with Crippen molar-refractivity contribution in [3.8, 4) is 0 Å². The average Bonchev–Trinajstić information content (AvgIpc) is 3.00. The van der Waals surface area contributed by atoms with Gasteiger partial charge >= 0.3 is 0 Å². The maximum atomic E-state index is 4.35. The van der Waals surface area contributed by atoms with E-state index in [4.69, 9.17) is 0 Å². The first-order chi connectivity index (χ1) is 9.62. The van der Waals surface area contributed by atoms with Crippen LogP contribution in [0.1, 0.15) is 42.9 Å². The van der Waals surface area contributed by atoms with E-state index in [0.29, 0.717) is 12.1 Å². The maximum Gasteiger partial charge on any atom is 0.191 e. The highest BCUT2D eigenvalue weighted by molar-refractivity contribution is 7.11. The second kappa shape index (κ2) is 7.11. The minimum atomic E-state index is 0.405. The number of aryl methyl sites for hydroxylation is 1. The van der Waals surface area contributed by atoms with E-state index in [1.165, 1.54) is 29.0 Å². The van der Waals surface area contributed by atoms with Crippen LogP contribution >= 0.6 is 11.3 Å². The quantitative estimate of drug-likeness (QED) is 0.623. The van der Waals surface area contributed by atoms with Gasteiger partial charge in [0, 0.05) is 35.3 Å². The zero-order valence-electron chi connectivity index (χ0n) is 13.1. The van der Waals surface area contributed by atoms with Crippen LogP contribution in [-0.2, 0) is 6.42 Å². The first kappa shape index (κ1) is 15.4. The van der Waals surface area contributed by atoms with Crippen LogP contribution in [0.15, 0.2) is 17.1 Å². The molecule has 1 heterocycles. The number of hydrogen-bond donors (Lipinski definition) is 2. The lowest BCUT2D eigenvalue weighted by Crippen LogP contribution is -2.44. The Bertz CT molecular complexity index is 452. The summed E-state index contributed by atoms with van der Waals surface area (Å²) in [5.74, 6) is 1.81.